The Hall–Kier alpha value is -3.40. The zero-order valence-electron chi connectivity index (χ0n) is 14.6. The second kappa shape index (κ2) is 8.12. The quantitative estimate of drug-likeness (QED) is 0.735. The molecule has 3 aromatic carbocycles. The van der Waals surface area contributed by atoms with E-state index in [1.807, 2.05) is 67.6 Å². The lowest BCUT2D eigenvalue weighted by atomic mass is 10.1. The Kier molecular flexibility index (Phi) is 5.44. The fraction of sp³-hybridized carbons (Fsp3) is 0.0909. The Bertz CT molecular complexity index is 875. The van der Waals surface area contributed by atoms with Gasteiger partial charge >= 0.3 is 0 Å². The molecule has 4 nitrogen and oxygen atoms in total. The van der Waals surface area contributed by atoms with Gasteiger partial charge in [-0.05, 0) is 55.5 Å². The standard InChI is InChI=1S/C22H20N2O2/c1-2-24(20-11-7-4-8-12-20)22(26)18-15-13-17(14-16-18)21(25)23-19-9-5-3-6-10-19/h3-16H,2H2,1H3,(H,23,25). The Morgan fingerprint density at radius 2 is 1.31 bits per heavy atom. The average Bonchev–Trinajstić information content (AvgIpc) is 2.70. The van der Waals surface area contributed by atoms with Gasteiger partial charge in [0.2, 0.25) is 0 Å². The van der Waals surface area contributed by atoms with Gasteiger partial charge in [0.25, 0.3) is 11.8 Å². The number of rotatable bonds is 5. The molecule has 0 unspecified atom stereocenters. The minimum atomic E-state index is -0.203. The van der Waals surface area contributed by atoms with Gasteiger partial charge in [-0.3, -0.25) is 9.59 Å². The number of para-hydroxylation sites is 2. The molecule has 0 fully saturated rings. The van der Waals surface area contributed by atoms with E-state index in [0.29, 0.717) is 17.7 Å². The van der Waals surface area contributed by atoms with Gasteiger partial charge < -0.3 is 10.2 Å². The maximum atomic E-state index is 12.8. The number of amides is 2. The maximum absolute atomic E-state index is 12.8. The highest BCUT2D eigenvalue weighted by Crippen LogP contribution is 2.17. The van der Waals surface area contributed by atoms with Crippen LogP contribution in [-0.2, 0) is 0 Å². The highest BCUT2D eigenvalue weighted by atomic mass is 16.2. The molecule has 26 heavy (non-hydrogen) atoms. The molecule has 0 spiro atoms. The molecule has 0 aliphatic heterocycles. The summed E-state index contributed by atoms with van der Waals surface area (Å²) in [6, 6.07) is 25.5. The fourth-order valence-electron chi connectivity index (χ4n) is 2.70. The first-order chi connectivity index (χ1) is 12.7. The van der Waals surface area contributed by atoms with E-state index < -0.39 is 0 Å². The van der Waals surface area contributed by atoms with Gasteiger partial charge in [-0.1, -0.05) is 36.4 Å². The van der Waals surface area contributed by atoms with Gasteiger partial charge in [0.05, 0.1) is 0 Å². The van der Waals surface area contributed by atoms with Gasteiger partial charge in [-0.15, -0.1) is 0 Å². The zero-order chi connectivity index (χ0) is 18.4. The van der Waals surface area contributed by atoms with Crippen molar-refractivity contribution < 1.29 is 9.59 Å². The highest BCUT2D eigenvalue weighted by molar-refractivity contribution is 6.08. The van der Waals surface area contributed by atoms with Crippen LogP contribution in [0.25, 0.3) is 0 Å². The molecule has 0 heterocycles. The van der Waals surface area contributed by atoms with E-state index in [1.165, 1.54) is 0 Å². The number of nitrogens with zero attached hydrogens (tertiary/aromatic N) is 1. The summed E-state index contributed by atoms with van der Waals surface area (Å²) < 4.78 is 0. The number of hydrogen-bond acceptors (Lipinski definition) is 2. The van der Waals surface area contributed by atoms with Gasteiger partial charge in [0.1, 0.15) is 0 Å². The lowest BCUT2D eigenvalue weighted by Crippen LogP contribution is -2.30. The second-order valence-electron chi connectivity index (χ2n) is 5.78. The molecule has 1 N–H and O–H groups in total. The van der Waals surface area contributed by atoms with Crippen LogP contribution in [0.2, 0.25) is 0 Å². The molecule has 0 aliphatic rings. The third kappa shape index (κ3) is 3.98. The molecule has 0 aromatic heterocycles. The summed E-state index contributed by atoms with van der Waals surface area (Å²) in [6.07, 6.45) is 0. The predicted octanol–water partition coefficient (Wildman–Crippen LogP) is 4.61. The molecule has 0 radical (unpaired) electrons. The molecule has 0 aliphatic carbocycles. The van der Waals surface area contributed by atoms with Crippen LogP contribution in [0.3, 0.4) is 0 Å². The van der Waals surface area contributed by atoms with E-state index in [1.54, 1.807) is 29.2 Å². The third-order valence-corrected chi connectivity index (χ3v) is 4.05. The van der Waals surface area contributed by atoms with Crippen molar-refractivity contribution in [3.05, 3.63) is 96.1 Å². The summed E-state index contributed by atoms with van der Waals surface area (Å²) in [5.41, 5.74) is 2.64. The van der Waals surface area contributed by atoms with Crippen molar-refractivity contribution in [2.24, 2.45) is 0 Å². The Morgan fingerprint density at radius 1 is 0.769 bits per heavy atom. The van der Waals surface area contributed by atoms with Gasteiger partial charge in [0, 0.05) is 29.0 Å². The third-order valence-electron chi connectivity index (χ3n) is 4.05. The fourth-order valence-corrected chi connectivity index (χ4v) is 2.70. The topological polar surface area (TPSA) is 49.4 Å². The minimum Gasteiger partial charge on any atom is -0.322 e. The van der Waals surface area contributed by atoms with E-state index in [0.717, 1.165) is 11.4 Å². The number of anilines is 2. The van der Waals surface area contributed by atoms with Crippen LogP contribution in [0.15, 0.2) is 84.9 Å². The van der Waals surface area contributed by atoms with Crippen molar-refractivity contribution in [3.8, 4) is 0 Å². The van der Waals surface area contributed by atoms with Crippen molar-refractivity contribution in [3.63, 3.8) is 0 Å². The summed E-state index contributed by atoms with van der Waals surface area (Å²) in [4.78, 5) is 26.8. The van der Waals surface area contributed by atoms with E-state index in [4.69, 9.17) is 0 Å². The van der Waals surface area contributed by atoms with Crippen LogP contribution in [0, 0.1) is 0 Å². The summed E-state index contributed by atoms with van der Waals surface area (Å²) in [5.74, 6) is -0.292. The molecule has 130 valence electrons. The van der Waals surface area contributed by atoms with E-state index in [2.05, 4.69) is 5.32 Å². The van der Waals surface area contributed by atoms with Gasteiger partial charge in [-0.25, -0.2) is 0 Å². The number of carbonyl (C=O) groups is 2. The molecule has 3 rings (SSSR count). The van der Waals surface area contributed by atoms with Crippen molar-refractivity contribution in [1.29, 1.82) is 0 Å². The molecule has 4 heteroatoms. The van der Waals surface area contributed by atoms with E-state index in [-0.39, 0.29) is 11.8 Å². The van der Waals surface area contributed by atoms with Crippen molar-refractivity contribution in [1.82, 2.24) is 0 Å². The monoisotopic (exact) mass is 344 g/mol. The molecule has 2 amide bonds. The first kappa shape index (κ1) is 17.4. The number of benzene rings is 3. The minimum absolute atomic E-state index is 0.0892. The SMILES string of the molecule is CCN(C(=O)c1ccc(C(=O)Nc2ccccc2)cc1)c1ccccc1. The molecule has 0 atom stereocenters. The van der Waals surface area contributed by atoms with Crippen LogP contribution in [-0.4, -0.2) is 18.4 Å². The summed E-state index contributed by atoms with van der Waals surface area (Å²) in [5, 5.41) is 2.83. The van der Waals surface area contributed by atoms with Crippen LogP contribution in [0.5, 0.6) is 0 Å². The summed E-state index contributed by atoms with van der Waals surface area (Å²) >= 11 is 0. The maximum Gasteiger partial charge on any atom is 0.258 e. The van der Waals surface area contributed by atoms with Gasteiger partial charge in [-0.2, -0.15) is 0 Å². The molecular weight excluding hydrogens is 324 g/mol. The lowest BCUT2D eigenvalue weighted by Gasteiger charge is -2.21. The van der Waals surface area contributed by atoms with E-state index >= 15 is 0 Å². The zero-order valence-corrected chi connectivity index (χ0v) is 14.6. The normalized spacial score (nSPS) is 10.2. The molecular formula is C22H20N2O2. The van der Waals surface area contributed by atoms with Gasteiger partial charge in [0.15, 0.2) is 0 Å². The average molecular weight is 344 g/mol. The Balaban J connectivity index is 1.74. The molecule has 3 aromatic rings. The predicted molar refractivity (Wildman–Crippen MR) is 105 cm³/mol. The van der Waals surface area contributed by atoms with Crippen LogP contribution in [0.4, 0.5) is 11.4 Å². The lowest BCUT2D eigenvalue weighted by molar-refractivity contribution is 0.0985. The van der Waals surface area contributed by atoms with Crippen LogP contribution >= 0.6 is 0 Å². The first-order valence-electron chi connectivity index (χ1n) is 8.52. The first-order valence-corrected chi connectivity index (χ1v) is 8.52. The number of nitrogens with one attached hydrogen (secondary N) is 1. The Morgan fingerprint density at radius 3 is 1.88 bits per heavy atom. The highest BCUT2D eigenvalue weighted by Gasteiger charge is 2.16. The number of carbonyl (C=O) groups excluding carboxylic acids is 2. The van der Waals surface area contributed by atoms with Crippen molar-refractivity contribution >= 4 is 23.2 Å². The Labute approximate surface area is 153 Å². The number of hydrogen-bond donors (Lipinski definition) is 1. The second-order valence-corrected chi connectivity index (χ2v) is 5.78. The van der Waals surface area contributed by atoms with Crippen molar-refractivity contribution in [2.75, 3.05) is 16.8 Å². The van der Waals surface area contributed by atoms with Crippen molar-refractivity contribution in [2.45, 2.75) is 6.92 Å². The molecule has 0 saturated heterocycles. The molecule has 0 saturated carbocycles. The van der Waals surface area contributed by atoms with E-state index in [9.17, 15) is 9.59 Å². The smallest absolute Gasteiger partial charge is 0.258 e. The summed E-state index contributed by atoms with van der Waals surface area (Å²) in [6.45, 7) is 2.51. The largest absolute Gasteiger partial charge is 0.322 e. The van der Waals surface area contributed by atoms with Crippen LogP contribution < -0.4 is 10.2 Å². The van der Waals surface area contributed by atoms with Crippen LogP contribution in [0.1, 0.15) is 27.6 Å². The molecule has 0 bridgehead atoms. The summed E-state index contributed by atoms with van der Waals surface area (Å²) in [7, 11) is 0.